The number of nitrogens with two attached hydrogens (primary N) is 1. The number of rotatable bonds is 5. The molecule has 2 rings (SSSR count). The minimum absolute atomic E-state index is 0.222. The Morgan fingerprint density at radius 2 is 1.94 bits per heavy atom. The van der Waals surface area contributed by atoms with Crippen molar-refractivity contribution >= 4 is 0 Å². The number of hydrogen-bond acceptors (Lipinski definition) is 2. The van der Waals surface area contributed by atoms with Gasteiger partial charge in [-0.2, -0.15) is 0 Å². The Morgan fingerprint density at radius 3 is 2.44 bits per heavy atom. The first-order chi connectivity index (χ1) is 7.72. The van der Waals surface area contributed by atoms with E-state index in [0.29, 0.717) is 0 Å². The molecule has 2 nitrogen and oxygen atoms in total. The van der Waals surface area contributed by atoms with Crippen molar-refractivity contribution in [2.45, 2.75) is 63.8 Å². The van der Waals surface area contributed by atoms with Gasteiger partial charge in [0.1, 0.15) is 0 Å². The lowest BCUT2D eigenvalue weighted by atomic mass is 9.75. The van der Waals surface area contributed by atoms with E-state index in [2.05, 4.69) is 11.8 Å². The summed E-state index contributed by atoms with van der Waals surface area (Å²) in [4.78, 5) is 2.64. The van der Waals surface area contributed by atoms with E-state index in [-0.39, 0.29) is 5.54 Å². The smallest absolute Gasteiger partial charge is 0.0166 e. The Labute approximate surface area is 101 Å². The van der Waals surface area contributed by atoms with E-state index in [1.54, 1.807) is 0 Å². The van der Waals surface area contributed by atoms with E-state index in [0.717, 1.165) is 5.92 Å². The van der Waals surface area contributed by atoms with Crippen LogP contribution in [0.4, 0.5) is 0 Å². The third-order valence-corrected chi connectivity index (χ3v) is 4.68. The molecule has 0 bridgehead atoms. The van der Waals surface area contributed by atoms with Crippen LogP contribution < -0.4 is 5.73 Å². The Bertz CT molecular complexity index is 203. The molecule has 1 heterocycles. The summed E-state index contributed by atoms with van der Waals surface area (Å²) in [5.41, 5.74) is 6.49. The van der Waals surface area contributed by atoms with Crippen molar-refractivity contribution in [2.75, 3.05) is 19.6 Å². The predicted octanol–water partition coefficient (Wildman–Crippen LogP) is 2.77. The molecule has 2 fully saturated rings. The zero-order valence-electron chi connectivity index (χ0n) is 10.9. The van der Waals surface area contributed by atoms with Crippen LogP contribution in [0.1, 0.15) is 58.3 Å². The van der Waals surface area contributed by atoms with Crippen molar-refractivity contribution < 1.29 is 0 Å². The SMILES string of the molecule is CCCC1CCN(CCC2(N)CCC2)CC1. The van der Waals surface area contributed by atoms with Crippen molar-refractivity contribution in [3.05, 3.63) is 0 Å². The molecule has 0 radical (unpaired) electrons. The van der Waals surface area contributed by atoms with Crippen molar-refractivity contribution in [3.8, 4) is 0 Å². The van der Waals surface area contributed by atoms with Gasteiger partial charge in [-0.05, 0) is 64.1 Å². The summed E-state index contributed by atoms with van der Waals surface area (Å²) in [5, 5.41) is 0. The predicted molar refractivity (Wildman–Crippen MR) is 69.5 cm³/mol. The molecule has 0 aromatic heterocycles. The van der Waals surface area contributed by atoms with Gasteiger partial charge in [-0.1, -0.05) is 19.8 Å². The largest absolute Gasteiger partial charge is 0.325 e. The summed E-state index contributed by atoms with van der Waals surface area (Å²) in [5.74, 6) is 1.01. The van der Waals surface area contributed by atoms with Gasteiger partial charge >= 0.3 is 0 Å². The maximum atomic E-state index is 6.27. The van der Waals surface area contributed by atoms with E-state index < -0.39 is 0 Å². The van der Waals surface area contributed by atoms with E-state index in [1.807, 2.05) is 0 Å². The molecular formula is C14H28N2. The minimum atomic E-state index is 0.222. The van der Waals surface area contributed by atoms with Gasteiger partial charge < -0.3 is 10.6 Å². The van der Waals surface area contributed by atoms with Crippen LogP contribution in [0.2, 0.25) is 0 Å². The van der Waals surface area contributed by atoms with Gasteiger partial charge in [-0.15, -0.1) is 0 Å². The standard InChI is InChI=1S/C14H28N2/c1-2-4-13-5-10-16(11-6-13)12-9-14(15)7-3-8-14/h13H,2-12,15H2,1H3. The maximum absolute atomic E-state index is 6.27. The summed E-state index contributed by atoms with van der Waals surface area (Å²) in [6, 6.07) is 0. The molecule has 1 aliphatic carbocycles. The second-order valence-corrected chi connectivity index (χ2v) is 6.04. The summed E-state index contributed by atoms with van der Waals surface area (Å²) in [6.45, 7) is 6.19. The summed E-state index contributed by atoms with van der Waals surface area (Å²) in [7, 11) is 0. The van der Waals surface area contributed by atoms with Gasteiger partial charge in [0.25, 0.3) is 0 Å². The van der Waals surface area contributed by atoms with E-state index in [9.17, 15) is 0 Å². The number of hydrogen-bond donors (Lipinski definition) is 1. The highest BCUT2D eigenvalue weighted by Gasteiger charge is 2.32. The molecule has 0 atom stereocenters. The Kier molecular flexibility index (Phi) is 4.26. The molecule has 2 N–H and O–H groups in total. The molecule has 0 spiro atoms. The fraction of sp³-hybridized carbons (Fsp3) is 1.00. The van der Waals surface area contributed by atoms with Gasteiger partial charge in [0.15, 0.2) is 0 Å². The van der Waals surface area contributed by atoms with Gasteiger partial charge in [0.05, 0.1) is 0 Å². The lowest BCUT2D eigenvalue weighted by Gasteiger charge is -2.41. The average Bonchev–Trinajstić information content (AvgIpc) is 2.26. The molecule has 16 heavy (non-hydrogen) atoms. The van der Waals surface area contributed by atoms with Crippen molar-refractivity contribution in [1.82, 2.24) is 4.90 Å². The average molecular weight is 224 g/mol. The third-order valence-electron chi connectivity index (χ3n) is 4.68. The molecule has 1 saturated heterocycles. The van der Waals surface area contributed by atoms with Crippen LogP contribution in [-0.2, 0) is 0 Å². The van der Waals surface area contributed by atoms with Crippen molar-refractivity contribution in [1.29, 1.82) is 0 Å². The van der Waals surface area contributed by atoms with Gasteiger partial charge in [0.2, 0.25) is 0 Å². The first-order valence-corrected chi connectivity index (χ1v) is 7.23. The van der Waals surface area contributed by atoms with Crippen LogP contribution in [0, 0.1) is 5.92 Å². The third kappa shape index (κ3) is 3.21. The molecule has 2 aliphatic rings. The highest BCUT2D eigenvalue weighted by Crippen LogP contribution is 2.32. The molecule has 2 heteroatoms. The molecule has 0 amide bonds. The fourth-order valence-corrected chi connectivity index (χ4v) is 3.17. The summed E-state index contributed by atoms with van der Waals surface area (Å²) in [6.07, 6.45) is 10.8. The van der Waals surface area contributed by atoms with Gasteiger partial charge in [-0.25, -0.2) is 0 Å². The van der Waals surface area contributed by atoms with Crippen LogP contribution in [0.15, 0.2) is 0 Å². The van der Waals surface area contributed by atoms with Crippen LogP contribution in [0.25, 0.3) is 0 Å². The topological polar surface area (TPSA) is 29.3 Å². The second kappa shape index (κ2) is 5.50. The van der Waals surface area contributed by atoms with E-state index in [4.69, 9.17) is 5.73 Å². The second-order valence-electron chi connectivity index (χ2n) is 6.04. The lowest BCUT2D eigenvalue weighted by molar-refractivity contribution is 0.142. The monoisotopic (exact) mass is 224 g/mol. The van der Waals surface area contributed by atoms with Crippen LogP contribution in [0.5, 0.6) is 0 Å². The highest BCUT2D eigenvalue weighted by molar-refractivity contribution is 4.93. The summed E-state index contributed by atoms with van der Waals surface area (Å²) < 4.78 is 0. The summed E-state index contributed by atoms with van der Waals surface area (Å²) >= 11 is 0. The van der Waals surface area contributed by atoms with Crippen molar-refractivity contribution in [3.63, 3.8) is 0 Å². The van der Waals surface area contributed by atoms with Crippen LogP contribution in [0.3, 0.4) is 0 Å². The normalized spacial score (nSPS) is 26.6. The van der Waals surface area contributed by atoms with Gasteiger partial charge in [0, 0.05) is 5.54 Å². The number of piperidine rings is 1. The number of nitrogens with zero attached hydrogens (tertiary/aromatic N) is 1. The molecule has 1 aliphatic heterocycles. The Hall–Kier alpha value is -0.0800. The zero-order chi connectivity index (χ0) is 11.4. The Balaban J connectivity index is 1.61. The first kappa shape index (κ1) is 12.4. The molecule has 0 unspecified atom stereocenters. The molecular weight excluding hydrogens is 196 g/mol. The molecule has 94 valence electrons. The molecule has 1 saturated carbocycles. The zero-order valence-corrected chi connectivity index (χ0v) is 10.9. The fourth-order valence-electron chi connectivity index (χ4n) is 3.17. The molecule has 0 aromatic rings. The quantitative estimate of drug-likeness (QED) is 0.778. The van der Waals surface area contributed by atoms with Crippen molar-refractivity contribution in [2.24, 2.45) is 11.7 Å². The van der Waals surface area contributed by atoms with E-state index >= 15 is 0 Å². The highest BCUT2D eigenvalue weighted by atomic mass is 15.1. The first-order valence-electron chi connectivity index (χ1n) is 7.23. The van der Waals surface area contributed by atoms with Gasteiger partial charge in [-0.3, -0.25) is 0 Å². The van der Waals surface area contributed by atoms with Crippen LogP contribution >= 0.6 is 0 Å². The maximum Gasteiger partial charge on any atom is 0.0166 e. The lowest BCUT2D eigenvalue weighted by Crippen LogP contribution is -2.49. The minimum Gasteiger partial charge on any atom is -0.325 e. The van der Waals surface area contributed by atoms with E-state index in [1.165, 1.54) is 71.0 Å². The molecule has 0 aromatic carbocycles. The number of likely N-dealkylation sites (tertiary alicyclic amines) is 1. The van der Waals surface area contributed by atoms with Crippen LogP contribution in [-0.4, -0.2) is 30.1 Å². The Morgan fingerprint density at radius 1 is 1.25 bits per heavy atom.